The van der Waals surface area contributed by atoms with Gasteiger partial charge >= 0.3 is 0 Å². The molecular weight excluding hydrogens is 483 g/mol. The average Bonchev–Trinajstić information content (AvgIpc) is 2.70. The third-order valence-electron chi connectivity index (χ3n) is 5.50. The number of hydroxylamine groups is 3. The number of rotatable bonds is 8. The summed E-state index contributed by atoms with van der Waals surface area (Å²) in [7, 11) is 9.18. The lowest BCUT2D eigenvalue weighted by Crippen LogP contribution is -2.39. The van der Waals surface area contributed by atoms with Gasteiger partial charge in [0.05, 0.1) is 98.5 Å². The average molecular weight is 513 g/mol. The number of fused-ring (bicyclic) bond motifs is 2. The second-order valence-electron chi connectivity index (χ2n) is 9.85. The molecule has 1 aliphatic carbocycles. The topological polar surface area (TPSA) is 119 Å². The molecule has 0 saturated carbocycles. The van der Waals surface area contributed by atoms with Gasteiger partial charge in [0.1, 0.15) is 18.0 Å². The quantitative estimate of drug-likeness (QED) is 0.178. The van der Waals surface area contributed by atoms with Gasteiger partial charge in [-0.05, 0) is 12.1 Å². The summed E-state index contributed by atoms with van der Waals surface area (Å²) in [5.74, 6) is -2.19. The van der Waals surface area contributed by atoms with Crippen LogP contribution in [0.2, 0.25) is 10.0 Å². The highest BCUT2D eigenvalue weighted by Crippen LogP contribution is 2.48. The Kier molecular flexibility index (Phi) is 7.08. The Bertz CT molecular complexity index is 1080. The zero-order valence-electron chi connectivity index (χ0n) is 19.8. The molecule has 0 unspecified atom stereocenters. The monoisotopic (exact) mass is 512 g/mol. The molecule has 184 valence electrons. The van der Waals surface area contributed by atoms with E-state index in [9.17, 15) is 25.0 Å². The maximum atomic E-state index is 13.6. The number of likely N-dealkylation sites (N-methyl/N-ethyl adjacent to an activating group) is 2. The summed E-state index contributed by atoms with van der Waals surface area (Å²) in [6.07, 6.45) is 0. The Labute approximate surface area is 208 Å². The van der Waals surface area contributed by atoms with Gasteiger partial charge in [0, 0.05) is 0 Å². The number of anilines is 2. The van der Waals surface area contributed by atoms with Gasteiger partial charge in [-0.25, -0.2) is 5.21 Å². The van der Waals surface area contributed by atoms with Crippen LogP contribution in [0.25, 0.3) is 0 Å². The molecule has 1 aliphatic rings. The largest absolute Gasteiger partial charge is 0.507 e. The first kappa shape index (κ1) is 26.1. The lowest BCUT2D eigenvalue weighted by atomic mass is 9.81. The molecule has 0 fully saturated rings. The molecule has 0 spiro atoms. The minimum Gasteiger partial charge on any atom is -0.507 e. The fourth-order valence-corrected chi connectivity index (χ4v) is 4.25. The number of phenolic OH excluding ortho intramolecular Hbond substituents is 2. The van der Waals surface area contributed by atoms with Gasteiger partial charge in [0.15, 0.2) is 0 Å². The Morgan fingerprint density at radius 2 is 1.12 bits per heavy atom. The van der Waals surface area contributed by atoms with Crippen molar-refractivity contribution in [1.82, 2.24) is 0 Å². The third-order valence-corrected chi connectivity index (χ3v) is 6.35. The second kappa shape index (κ2) is 9.24. The van der Waals surface area contributed by atoms with E-state index in [0.29, 0.717) is 17.6 Å². The number of carbonyl (C=O) groups excluding carboxylic acids is 2. The summed E-state index contributed by atoms with van der Waals surface area (Å²) >= 11 is 13.2. The second-order valence-corrected chi connectivity index (χ2v) is 10.6. The molecule has 0 bridgehead atoms. The van der Waals surface area contributed by atoms with Crippen LogP contribution >= 0.6 is 23.2 Å². The van der Waals surface area contributed by atoms with Crippen molar-refractivity contribution in [1.29, 1.82) is 0 Å². The van der Waals surface area contributed by atoms with Crippen LogP contribution in [0.4, 0.5) is 11.4 Å². The van der Waals surface area contributed by atoms with Crippen molar-refractivity contribution in [3.8, 4) is 11.5 Å². The van der Waals surface area contributed by atoms with E-state index in [1.54, 1.807) is 14.1 Å². The summed E-state index contributed by atoms with van der Waals surface area (Å²) < 4.78 is 0.301. The van der Waals surface area contributed by atoms with E-state index in [0.717, 1.165) is 12.1 Å². The molecule has 9 nitrogen and oxygen atoms in total. The highest BCUT2D eigenvalue weighted by Gasteiger charge is 2.40. The fourth-order valence-electron chi connectivity index (χ4n) is 3.74. The van der Waals surface area contributed by atoms with E-state index in [1.807, 2.05) is 21.1 Å². The van der Waals surface area contributed by atoms with E-state index in [4.69, 9.17) is 23.2 Å². The predicted octanol–water partition coefficient (Wildman–Crippen LogP) is 3.18. The highest BCUT2D eigenvalue weighted by molar-refractivity contribution is 6.48. The van der Waals surface area contributed by atoms with Gasteiger partial charge in [-0.1, -0.05) is 23.2 Å². The number of halogens is 2. The first-order chi connectivity index (χ1) is 15.6. The number of ketones is 2. The standard InChI is InChI=1S/C23H28Cl2N4O5/c1-28(2,3)10-8-26-20-16-17(21(19(25)18(20)24)27-9-11-29(4,5)34)23(33)15-13(31)7-6-12(30)14(15)22(16)32/h6-7,34H,8-11H2,1-5H3,(H2-2,26,27,30,31,32,33)/p+2. The van der Waals surface area contributed by atoms with Crippen LogP contribution in [-0.2, 0) is 0 Å². The van der Waals surface area contributed by atoms with Crippen molar-refractivity contribution in [2.75, 3.05) is 72.1 Å². The molecular formula is C23H30Cl2N4O5+2. The summed E-state index contributed by atoms with van der Waals surface area (Å²) in [5, 5.41) is 37.0. The lowest BCUT2D eigenvalue weighted by Gasteiger charge is -2.28. The SMILES string of the molecule is C[N+](C)(C)CCNc1c(Cl)c(Cl)c(NCC[N+](C)(C)O)c2c1C(=O)c1c(O)ccc(O)c1C2=O. The van der Waals surface area contributed by atoms with Crippen LogP contribution in [0, 0.1) is 0 Å². The Hall–Kier alpha value is -2.56. The zero-order chi connectivity index (χ0) is 25.6. The van der Waals surface area contributed by atoms with Gasteiger partial charge in [-0.2, -0.15) is 4.65 Å². The van der Waals surface area contributed by atoms with Crippen molar-refractivity contribution in [3.05, 3.63) is 44.4 Å². The van der Waals surface area contributed by atoms with E-state index >= 15 is 0 Å². The predicted molar refractivity (Wildman–Crippen MR) is 132 cm³/mol. The fraction of sp³-hybridized carbons (Fsp3) is 0.391. The first-order valence-corrected chi connectivity index (χ1v) is 11.4. The molecule has 0 aliphatic heterocycles. The maximum absolute atomic E-state index is 13.6. The first-order valence-electron chi connectivity index (χ1n) is 10.7. The van der Waals surface area contributed by atoms with Gasteiger partial charge in [0.25, 0.3) is 0 Å². The maximum Gasteiger partial charge on any atom is 0.200 e. The van der Waals surface area contributed by atoms with Gasteiger partial charge in [-0.3, -0.25) is 9.59 Å². The highest BCUT2D eigenvalue weighted by atomic mass is 35.5. The molecule has 5 N–H and O–H groups in total. The summed E-state index contributed by atoms with van der Waals surface area (Å²) in [5.41, 5.74) is -0.359. The van der Waals surface area contributed by atoms with E-state index in [1.165, 1.54) is 0 Å². The number of hydrogen-bond donors (Lipinski definition) is 5. The lowest BCUT2D eigenvalue weighted by molar-refractivity contribution is -1.07. The normalized spacial score (nSPS) is 13.5. The zero-order valence-corrected chi connectivity index (χ0v) is 21.3. The summed E-state index contributed by atoms with van der Waals surface area (Å²) in [6, 6.07) is 2.31. The van der Waals surface area contributed by atoms with Crippen molar-refractivity contribution in [2.45, 2.75) is 0 Å². The van der Waals surface area contributed by atoms with Crippen LogP contribution in [0.3, 0.4) is 0 Å². The molecule has 0 amide bonds. The number of phenols is 2. The van der Waals surface area contributed by atoms with Crippen LogP contribution < -0.4 is 10.6 Å². The van der Waals surface area contributed by atoms with Gasteiger partial charge < -0.3 is 25.3 Å². The van der Waals surface area contributed by atoms with Crippen LogP contribution in [0.5, 0.6) is 11.5 Å². The molecule has 2 aromatic rings. The molecule has 3 rings (SSSR count). The van der Waals surface area contributed by atoms with E-state index < -0.39 is 23.1 Å². The molecule has 0 atom stereocenters. The van der Waals surface area contributed by atoms with Crippen molar-refractivity contribution in [3.63, 3.8) is 0 Å². The third kappa shape index (κ3) is 5.08. The molecule has 0 saturated heterocycles. The number of carbonyl (C=O) groups is 2. The van der Waals surface area contributed by atoms with Crippen molar-refractivity contribution >= 4 is 46.1 Å². The van der Waals surface area contributed by atoms with Crippen LogP contribution in [0.1, 0.15) is 31.8 Å². The molecule has 0 heterocycles. The number of nitrogens with zero attached hydrogens (tertiary/aromatic N) is 2. The minimum absolute atomic E-state index is 0.0284. The minimum atomic E-state index is -0.675. The molecule has 11 heteroatoms. The number of nitrogens with one attached hydrogen (secondary N) is 2. The number of benzene rings is 2. The Morgan fingerprint density at radius 1 is 0.735 bits per heavy atom. The molecule has 2 aromatic carbocycles. The van der Waals surface area contributed by atoms with Crippen molar-refractivity contribution < 1.29 is 34.1 Å². The number of aromatic hydroxyl groups is 2. The molecule has 0 aromatic heterocycles. The van der Waals surface area contributed by atoms with Crippen molar-refractivity contribution in [2.24, 2.45) is 0 Å². The summed E-state index contributed by atoms with van der Waals surface area (Å²) in [6.45, 7) is 1.57. The molecule has 0 radical (unpaired) electrons. The summed E-state index contributed by atoms with van der Waals surface area (Å²) in [4.78, 5) is 27.2. The van der Waals surface area contributed by atoms with Gasteiger partial charge in [0.2, 0.25) is 11.6 Å². The smallest absolute Gasteiger partial charge is 0.200 e. The van der Waals surface area contributed by atoms with E-state index in [2.05, 4.69) is 10.6 Å². The Morgan fingerprint density at radius 3 is 1.47 bits per heavy atom. The number of quaternary nitrogens is 2. The van der Waals surface area contributed by atoms with Crippen LogP contribution in [0.15, 0.2) is 12.1 Å². The van der Waals surface area contributed by atoms with Gasteiger partial charge in [-0.15, -0.1) is 0 Å². The molecule has 34 heavy (non-hydrogen) atoms. The van der Waals surface area contributed by atoms with E-state index in [-0.39, 0.29) is 61.4 Å². The van der Waals surface area contributed by atoms with Crippen LogP contribution in [-0.4, -0.2) is 97.5 Å². The number of hydrogen-bond acceptors (Lipinski definition) is 7. The Balaban J connectivity index is 2.22.